The number of hydrogen-bond donors (Lipinski definition) is 3. The van der Waals surface area contributed by atoms with Crippen molar-refractivity contribution in [3.8, 4) is 11.5 Å². The van der Waals surface area contributed by atoms with Crippen molar-refractivity contribution < 1.29 is 29.0 Å². The standard InChI is InChI=1S/C27H34N4O7/c1-4-38-26(32)19-14-29-25(28-13-15-5-6-20(36-2)21(9-15)37-3)24(31(34)35)23(19)30-22-17-7-16-8-18(22)12-27(33,10-16)11-17/h5-6,9,14,16-18,22,33H,4,7-8,10-13H2,1-3H3,(H2,28,29,30). The number of carbonyl (C=O) groups excluding carboxylic acids is 1. The zero-order chi connectivity index (χ0) is 27.0. The Morgan fingerprint density at radius 3 is 2.50 bits per heavy atom. The summed E-state index contributed by atoms with van der Waals surface area (Å²) in [4.78, 5) is 29.0. The lowest BCUT2D eigenvalue weighted by Gasteiger charge is -2.58. The summed E-state index contributed by atoms with van der Waals surface area (Å²) in [5, 5.41) is 29.9. The third kappa shape index (κ3) is 4.82. The van der Waals surface area contributed by atoms with Gasteiger partial charge in [-0.05, 0) is 74.5 Å². The smallest absolute Gasteiger partial charge is 0.342 e. The number of esters is 1. The summed E-state index contributed by atoms with van der Waals surface area (Å²) in [6.07, 6.45) is 5.42. The third-order valence-corrected chi connectivity index (χ3v) is 8.19. The Morgan fingerprint density at radius 1 is 1.18 bits per heavy atom. The van der Waals surface area contributed by atoms with E-state index in [1.54, 1.807) is 26.2 Å². The molecule has 1 heterocycles. The van der Waals surface area contributed by atoms with Gasteiger partial charge in [-0.1, -0.05) is 6.07 Å². The summed E-state index contributed by atoms with van der Waals surface area (Å²) in [7, 11) is 3.09. The molecule has 6 rings (SSSR count). The molecule has 0 saturated heterocycles. The van der Waals surface area contributed by atoms with Gasteiger partial charge in [0.15, 0.2) is 11.5 Å². The van der Waals surface area contributed by atoms with Crippen LogP contribution in [0.15, 0.2) is 24.4 Å². The fraction of sp³-hybridized carbons (Fsp3) is 0.556. The summed E-state index contributed by atoms with van der Waals surface area (Å²) in [5.41, 5.74) is 0.000575. The molecule has 1 aromatic carbocycles. The number of hydrogen-bond acceptors (Lipinski definition) is 10. The molecular formula is C27H34N4O7. The average molecular weight is 527 g/mol. The van der Waals surface area contributed by atoms with Crippen molar-refractivity contribution in [2.75, 3.05) is 31.5 Å². The molecule has 1 aromatic heterocycles. The van der Waals surface area contributed by atoms with E-state index < -0.39 is 16.5 Å². The number of nitrogens with zero attached hydrogens (tertiary/aromatic N) is 2. The highest BCUT2D eigenvalue weighted by molar-refractivity contribution is 5.99. The highest BCUT2D eigenvalue weighted by Crippen LogP contribution is 2.56. The van der Waals surface area contributed by atoms with Crippen LogP contribution in [0.25, 0.3) is 0 Å². The number of methoxy groups -OCH3 is 2. The molecule has 204 valence electrons. The fourth-order valence-corrected chi connectivity index (χ4v) is 6.88. The predicted molar refractivity (Wildman–Crippen MR) is 140 cm³/mol. The maximum atomic E-state index is 12.8. The zero-order valence-corrected chi connectivity index (χ0v) is 21.9. The van der Waals surface area contributed by atoms with E-state index in [2.05, 4.69) is 15.6 Å². The van der Waals surface area contributed by atoms with Crippen LogP contribution >= 0.6 is 0 Å². The Morgan fingerprint density at radius 2 is 1.89 bits per heavy atom. The first-order valence-corrected chi connectivity index (χ1v) is 13.0. The maximum absolute atomic E-state index is 12.8. The largest absolute Gasteiger partial charge is 0.493 e. The summed E-state index contributed by atoms with van der Waals surface area (Å²) in [6.45, 7) is 2.05. The second-order valence-corrected chi connectivity index (χ2v) is 10.6. The molecule has 0 amide bonds. The second-order valence-electron chi connectivity index (χ2n) is 10.6. The normalized spacial score (nSPS) is 27.1. The van der Waals surface area contributed by atoms with Gasteiger partial charge in [0.2, 0.25) is 5.82 Å². The monoisotopic (exact) mass is 526 g/mol. The minimum Gasteiger partial charge on any atom is -0.493 e. The highest BCUT2D eigenvalue weighted by atomic mass is 16.6. The summed E-state index contributed by atoms with van der Waals surface area (Å²) >= 11 is 0. The second kappa shape index (κ2) is 10.3. The van der Waals surface area contributed by atoms with Gasteiger partial charge < -0.3 is 30.0 Å². The number of nitro groups is 1. The van der Waals surface area contributed by atoms with E-state index >= 15 is 0 Å². The van der Waals surface area contributed by atoms with Gasteiger partial charge in [-0.2, -0.15) is 0 Å². The predicted octanol–water partition coefficient (Wildman–Crippen LogP) is 4.15. The Kier molecular flexibility index (Phi) is 7.04. The van der Waals surface area contributed by atoms with Crippen molar-refractivity contribution in [1.82, 2.24) is 4.98 Å². The SMILES string of the molecule is CCOC(=O)c1cnc(NCc2ccc(OC)c(OC)c2)c([N+](=O)[O-])c1NC1C2CC3CC1CC(O)(C3)C2. The molecule has 0 radical (unpaired) electrons. The number of benzene rings is 1. The van der Waals surface area contributed by atoms with Gasteiger partial charge in [-0.25, -0.2) is 9.78 Å². The maximum Gasteiger partial charge on any atom is 0.342 e. The van der Waals surface area contributed by atoms with Gasteiger partial charge in [0.1, 0.15) is 11.3 Å². The topological polar surface area (TPSA) is 145 Å². The van der Waals surface area contributed by atoms with Crippen LogP contribution < -0.4 is 20.1 Å². The number of aromatic nitrogens is 1. The molecule has 2 unspecified atom stereocenters. The number of nitrogens with one attached hydrogen (secondary N) is 2. The minimum absolute atomic E-state index is 0.0303. The molecule has 4 aliphatic rings. The molecule has 3 N–H and O–H groups in total. The van der Waals surface area contributed by atoms with Gasteiger partial charge in [0.25, 0.3) is 0 Å². The van der Waals surface area contributed by atoms with Crippen molar-refractivity contribution in [3.05, 3.63) is 45.6 Å². The molecule has 2 aromatic rings. The number of aliphatic hydroxyl groups is 1. The van der Waals surface area contributed by atoms with Crippen LogP contribution in [0.3, 0.4) is 0 Å². The van der Waals surface area contributed by atoms with Crippen LogP contribution in [0.1, 0.15) is 54.9 Å². The Balaban J connectivity index is 1.48. The molecule has 11 nitrogen and oxygen atoms in total. The van der Waals surface area contributed by atoms with Crippen LogP contribution in [0.5, 0.6) is 11.5 Å². The number of anilines is 2. The van der Waals surface area contributed by atoms with Crippen LogP contribution in [0.2, 0.25) is 0 Å². The minimum atomic E-state index is -0.667. The lowest BCUT2D eigenvalue weighted by molar-refractivity contribution is -0.383. The van der Waals surface area contributed by atoms with Gasteiger partial charge in [0.05, 0.1) is 31.4 Å². The van der Waals surface area contributed by atoms with E-state index in [1.807, 2.05) is 6.07 Å². The lowest BCUT2D eigenvalue weighted by Crippen LogP contribution is -2.59. The van der Waals surface area contributed by atoms with E-state index in [-0.39, 0.29) is 53.8 Å². The van der Waals surface area contributed by atoms with Crippen molar-refractivity contribution in [1.29, 1.82) is 0 Å². The highest BCUT2D eigenvalue weighted by Gasteiger charge is 2.55. The third-order valence-electron chi connectivity index (χ3n) is 8.19. The molecule has 4 bridgehead atoms. The van der Waals surface area contributed by atoms with E-state index in [0.717, 1.165) is 24.8 Å². The number of ether oxygens (including phenoxy) is 3. The number of rotatable bonds is 10. The average Bonchev–Trinajstić information content (AvgIpc) is 2.88. The molecule has 11 heteroatoms. The van der Waals surface area contributed by atoms with Crippen LogP contribution in [0, 0.1) is 27.9 Å². The van der Waals surface area contributed by atoms with Gasteiger partial charge in [0, 0.05) is 18.8 Å². The Bertz CT molecular complexity index is 1220. The fourth-order valence-electron chi connectivity index (χ4n) is 6.88. The summed E-state index contributed by atoms with van der Waals surface area (Å²) in [6, 6.07) is 5.28. The summed E-state index contributed by atoms with van der Waals surface area (Å²) in [5.74, 6) is 1.33. The van der Waals surface area contributed by atoms with E-state index in [4.69, 9.17) is 14.2 Å². The lowest BCUT2D eigenvalue weighted by atomic mass is 9.52. The quantitative estimate of drug-likeness (QED) is 0.234. The first-order valence-electron chi connectivity index (χ1n) is 13.0. The van der Waals surface area contributed by atoms with Crippen LogP contribution in [-0.2, 0) is 11.3 Å². The van der Waals surface area contributed by atoms with Crippen molar-refractivity contribution >= 4 is 23.2 Å². The summed E-state index contributed by atoms with van der Waals surface area (Å²) < 4.78 is 15.9. The van der Waals surface area contributed by atoms with Gasteiger partial charge in [-0.3, -0.25) is 10.1 Å². The van der Waals surface area contributed by atoms with Crippen LogP contribution in [-0.4, -0.2) is 53.5 Å². The van der Waals surface area contributed by atoms with Crippen LogP contribution in [0.4, 0.5) is 17.2 Å². The molecule has 0 spiro atoms. The molecule has 4 saturated carbocycles. The van der Waals surface area contributed by atoms with E-state index in [0.29, 0.717) is 30.3 Å². The first-order chi connectivity index (χ1) is 18.2. The molecule has 0 aliphatic heterocycles. The molecule has 38 heavy (non-hydrogen) atoms. The first kappa shape index (κ1) is 26.0. The van der Waals surface area contributed by atoms with Crippen molar-refractivity contribution in [2.45, 2.75) is 57.2 Å². The number of pyridine rings is 1. The molecule has 2 atom stereocenters. The Labute approximate surface area is 221 Å². The Hall–Kier alpha value is -3.60. The van der Waals surface area contributed by atoms with E-state index in [1.165, 1.54) is 13.3 Å². The zero-order valence-electron chi connectivity index (χ0n) is 21.9. The van der Waals surface area contributed by atoms with Crippen molar-refractivity contribution in [2.24, 2.45) is 17.8 Å². The number of carbonyl (C=O) groups is 1. The molecule has 4 aliphatic carbocycles. The van der Waals surface area contributed by atoms with Gasteiger partial charge >= 0.3 is 11.7 Å². The van der Waals surface area contributed by atoms with E-state index in [9.17, 15) is 20.0 Å². The molecular weight excluding hydrogens is 492 g/mol. The van der Waals surface area contributed by atoms with Crippen molar-refractivity contribution in [3.63, 3.8) is 0 Å². The molecule has 4 fully saturated rings. The van der Waals surface area contributed by atoms with Gasteiger partial charge in [-0.15, -0.1) is 0 Å².